The summed E-state index contributed by atoms with van der Waals surface area (Å²) in [5, 5.41) is -0.190. The number of carbonyl (C=O) groups is 1. The highest BCUT2D eigenvalue weighted by Crippen LogP contribution is 2.21. The van der Waals surface area contributed by atoms with Gasteiger partial charge in [0.1, 0.15) is 5.82 Å². The molecule has 1 saturated heterocycles. The lowest BCUT2D eigenvalue weighted by Gasteiger charge is -2.10. The summed E-state index contributed by atoms with van der Waals surface area (Å²) < 4.78 is 38.9. The SMILES string of the molecule is O=C1SCCC1NS(=O)(=O)c1cccc(F)c1. The molecule has 0 spiro atoms. The van der Waals surface area contributed by atoms with Crippen LogP contribution in [0.1, 0.15) is 6.42 Å². The van der Waals surface area contributed by atoms with E-state index in [1.54, 1.807) is 0 Å². The summed E-state index contributed by atoms with van der Waals surface area (Å²) in [6.07, 6.45) is 0.470. The first-order valence-corrected chi connectivity index (χ1v) is 7.40. The molecule has 92 valence electrons. The van der Waals surface area contributed by atoms with Gasteiger partial charge in [-0.25, -0.2) is 12.8 Å². The monoisotopic (exact) mass is 275 g/mol. The van der Waals surface area contributed by atoms with Crippen molar-refractivity contribution in [2.45, 2.75) is 17.4 Å². The maximum absolute atomic E-state index is 12.9. The van der Waals surface area contributed by atoms with Crippen molar-refractivity contribution in [1.29, 1.82) is 0 Å². The smallest absolute Gasteiger partial charge is 0.241 e. The summed E-state index contributed by atoms with van der Waals surface area (Å²) in [5.74, 6) is -0.0187. The van der Waals surface area contributed by atoms with Crippen molar-refractivity contribution in [2.75, 3.05) is 5.75 Å². The highest BCUT2D eigenvalue weighted by atomic mass is 32.2. The summed E-state index contributed by atoms with van der Waals surface area (Å²) in [5.41, 5.74) is 0. The highest BCUT2D eigenvalue weighted by Gasteiger charge is 2.30. The number of benzene rings is 1. The minimum atomic E-state index is -3.82. The van der Waals surface area contributed by atoms with Crippen molar-refractivity contribution in [2.24, 2.45) is 0 Å². The lowest BCUT2D eigenvalue weighted by Crippen LogP contribution is -2.37. The Morgan fingerprint density at radius 2 is 2.18 bits per heavy atom. The van der Waals surface area contributed by atoms with Crippen LogP contribution in [0.5, 0.6) is 0 Å². The van der Waals surface area contributed by atoms with E-state index in [2.05, 4.69) is 4.72 Å². The van der Waals surface area contributed by atoms with Crippen LogP contribution >= 0.6 is 11.8 Å². The molecule has 0 radical (unpaired) electrons. The maximum Gasteiger partial charge on any atom is 0.241 e. The van der Waals surface area contributed by atoms with E-state index in [1.807, 2.05) is 0 Å². The molecule has 1 aromatic carbocycles. The Labute approximate surface area is 103 Å². The van der Waals surface area contributed by atoms with Gasteiger partial charge in [0.05, 0.1) is 10.9 Å². The molecule has 1 N–H and O–H groups in total. The molecule has 1 fully saturated rings. The second-order valence-corrected chi connectivity index (χ2v) is 6.40. The molecule has 1 aliphatic rings. The molecule has 1 atom stereocenters. The molecule has 0 aromatic heterocycles. The number of nitrogens with one attached hydrogen (secondary N) is 1. The molecule has 0 bridgehead atoms. The van der Waals surface area contributed by atoms with Gasteiger partial charge < -0.3 is 0 Å². The van der Waals surface area contributed by atoms with Gasteiger partial charge in [-0.2, -0.15) is 4.72 Å². The van der Waals surface area contributed by atoms with Gasteiger partial charge in [-0.15, -0.1) is 0 Å². The Morgan fingerprint density at radius 1 is 1.41 bits per heavy atom. The maximum atomic E-state index is 12.9. The fourth-order valence-corrected chi connectivity index (χ4v) is 3.76. The average Bonchev–Trinajstić information content (AvgIpc) is 2.64. The average molecular weight is 275 g/mol. The summed E-state index contributed by atoms with van der Waals surface area (Å²) in [6, 6.07) is 3.99. The number of thioether (sulfide) groups is 1. The summed E-state index contributed by atoms with van der Waals surface area (Å²) in [4.78, 5) is 11.1. The lowest BCUT2D eigenvalue weighted by atomic mass is 10.3. The van der Waals surface area contributed by atoms with E-state index >= 15 is 0 Å². The highest BCUT2D eigenvalue weighted by molar-refractivity contribution is 8.14. The molecule has 2 rings (SSSR count). The second-order valence-electron chi connectivity index (χ2n) is 3.59. The van der Waals surface area contributed by atoms with Crippen LogP contribution in [0.3, 0.4) is 0 Å². The van der Waals surface area contributed by atoms with E-state index in [0.29, 0.717) is 12.2 Å². The summed E-state index contributed by atoms with van der Waals surface area (Å²) >= 11 is 1.10. The number of halogens is 1. The van der Waals surface area contributed by atoms with Gasteiger partial charge in [-0.3, -0.25) is 4.79 Å². The fraction of sp³-hybridized carbons (Fsp3) is 0.300. The Balaban J connectivity index is 2.22. The van der Waals surface area contributed by atoms with E-state index < -0.39 is 21.9 Å². The van der Waals surface area contributed by atoms with Crippen LogP contribution < -0.4 is 4.72 Å². The van der Waals surface area contributed by atoms with Crippen molar-refractivity contribution in [3.63, 3.8) is 0 Å². The molecule has 17 heavy (non-hydrogen) atoms. The zero-order valence-corrected chi connectivity index (χ0v) is 10.4. The molecule has 0 saturated carbocycles. The Hall–Kier alpha value is -0.920. The predicted octanol–water partition coefficient (Wildman–Crippen LogP) is 1.14. The molecule has 7 heteroatoms. The molecule has 1 heterocycles. The predicted molar refractivity (Wildman–Crippen MR) is 62.6 cm³/mol. The van der Waals surface area contributed by atoms with Gasteiger partial charge in [0.15, 0.2) is 0 Å². The zero-order valence-electron chi connectivity index (χ0n) is 8.72. The zero-order chi connectivity index (χ0) is 12.5. The van der Waals surface area contributed by atoms with Crippen LogP contribution in [-0.2, 0) is 14.8 Å². The number of hydrogen-bond donors (Lipinski definition) is 1. The van der Waals surface area contributed by atoms with Crippen LogP contribution in [-0.4, -0.2) is 25.3 Å². The molecule has 1 aliphatic heterocycles. The minimum absolute atomic E-state index is 0.165. The van der Waals surface area contributed by atoms with E-state index in [-0.39, 0.29) is 10.0 Å². The first-order valence-electron chi connectivity index (χ1n) is 4.93. The van der Waals surface area contributed by atoms with Crippen molar-refractivity contribution >= 4 is 26.9 Å². The molecule has 1 unspecified atom stereocenters. The van der Waals surface area contributed by atoms with Gasteiger partial charge in [0, 0.05) is 5.75 Å². The van der Waals surface area contributed by atoms with Crippen molar-refractivity contribution in [3.8, 4) is 0 Å². The number of carbonyl (C=O) groups excluding carboxylic acids is 1. The molecule has 0 aliphatic carbocycles. The molecule has 1 aromatic rings. The quantitative estimate of drug-likeness (QED) is 0.898. The number of hydrogen-bond acceptors (Lipinski definition) is 4. The summed E-state index contributed by atoms with van der Waals surface area (Å²) in [7, 11) is -3.82. The molecular formula is C10H10FNO3S2. The van der Waals surface area contributed by atoms with Gasteiger partial charge >= 0.3 is 0 Å². The van der Waals surface area contributed by atoms with Gasteiger partial charge in [0.2, 0.25) is 15.1 Å². The van der Waals surface area contributed by atoms with Gasteiger partial charge in [-0.1, -0.05) is 17.8 Å². The third-order valence-corrected chi connectivity index (χ3v) is 4.82. The standard InChI is InChI=1S/C10H10FNO3S2/c11-7-2-1-3-8(6-7)17(14,15)12-9-4-5-16-10(9)13/h1-3,6,9,12H,4-5H2. The number of rotatable bonds is 3. The minimum Gasteiger partial charge on any atom is -0.285 e. The van der Waals surface area contributed by atoms with Gasteiger partial charge in [-0.05, 0) is 24.6 Å². The first kappa shape index (κ1) is 12.5. The van der Waals surface area contributed by atoms with E-state index in [1.165, 1.54) is 12.1 Å². The largest absolute Gasteiger partial charge is 0.285 e. The second kappa shape index (κ2) is 4.75. The van der Waals surface area contributed by atoms with E-state index in [4.69, 9.17) is 0 Å². The summed E-state index contributed by atoms with van der Waals surface area (Å²) in [6.45, 7) is 0. The Kier molecular flexibility index (Phi) is 3.50. The van der Waals surface area contributed by atoms with Crippen LogP contribution in [0.4, 0.5) is 4.39 Å². The fourth-order valence-electron chi connectivity index (χ4n) is 1.49. The van der Waals surface area contributed by atoms with Crippen molar-refractivity contribution < 1.29 is 17.6 Å². The molecular weight excluding hydrogens is 265 g/mol. The van der Waals surface area contributed by atoms with Crippen LogP contribution in [0.2, 0.25) is 0 Å². The normalized spacial score (nSPS) is 20.8. The third kappa shape index (κ3) is 2.85. The Morgan fingerprint density at radius 3 is 2.76 bits per heavy atom. The number of sulfonamides is 1. The van der Waals surface area contributed by atoms with E-state index in [9.17, 15) is 17.6 Å². The van der Waals surface area contributed by atoms with Crippen molar-refractivity contribution in [1.82, 2.24) is 4.72 Å². The van der Waals surface area contributed by atoms with Crippen LogP contribution in [0, 0.1) is 5.82 Å². The molecule has 4 nitrogen and oxygen atoms in total. The lowest BCUT2D eigenvalue weighted by molar-refractivity contribution is -0.111. The van der Waals surface area contributed by atoms with Gasteiger partial charge in [0.25, 0.3) is 0 Å². The topological polar surface area (TPSA) is 63.2 Å². The van der Waals surface area contributed by atoms with Crippen LogP contribution in [0.25, 0.3) is 0 Å². The van der Waals surface area contributed by atoms with E-state index in [0.717, 1.165) is 23.9 Å². The third-order valence-electron chi connectivity index (χ3n) is 2.34. The Bertz CT molecular complexity index is 544. The molecule has 0 amide bonds. The van der Waals surface area contributed by atoms with Crippen molar-refractivity contribution in [3.05, 3.63) is 30.1 Å². The van der Waals surface area contributed by atoms with Crippen LogP contribution in [0.15, 0.2) is 29.2 Å². The first-order chi connectivity index (χ1) is 7.99.